The third-order valence-corrected chi connectivity index (χ3v) is 4.82. The van der Waals surface area contributed by atoms with Crippen LogP contribution in [-0.2, 0) is 29.0 Å². The number of fused-ring (bicyclic) bond motifs is 1. The van der Waals surface area contributed by atoms with Crippen LogP contribution in [0, 0.1) is 0 Å². The molecule has 2 aliphatic heterocycles. The zero-order chi connectivity index (χ0) is 19.5. The lowest BCUT2D eigenvalue weighted by molar-refractivity contribution is -0.141. The van der Waals surface area contributed by atoms with Gasteiger partial charge in [0.2, 0.25) is 12.9 Å². The van der Waals surface area contributed by atoms with E-state index >= 15 is 0 Å². The van der Waals surface area contributed by atoms with Crippen molar-refractivity contribution < 1.29 is 19.1 Å². The Hall–Kier alpha value is -3.03. The summed E-state index contributed by atoms with van der Waals surface area (Å²) < 4.78 is 10.7. The molecule has 0 bridgehead atoms. The van der Waals surface area contributed by atoms with Gasteiger partial charge in [0.05, 0.1) is 23.6 Å². The van der Waals surface area contributed by atoms with Crippen LogP contribution in [0.15, 0.2) is 29.4 Å². The van der Waals surface area contributed by atoms with Gasteiger partial charge in [0.15, 0.2) is 11.5 Å². The number of rotatable bonds is 7. The van der Waals surface area contributed by atoms with E-state index in [0.29, 0.717) is 19.4 Å². The van der Waals surface area contributed by atoms with E-state index in [-0.39, 0.29) is 12.7 Å². The summed E-state index contributed by atoms with van der Waals surface area (Å²) in [4.78, 5) is 19.7. The van der Waals surface area contributed by atoms with Crippen molar-refractivity contribution in [2.75, 3.05) is 13.8 Å². The Bertz CT molecular complexity index is 892. The number of oxime groups is 1. The second-order valence-electron chi connectivity index (χ2n) is 7.15. The van der Waals surface area contributed by atoms with Crippen LogP contribution in [0.5, 0.6) is 11.5 Å². The fourth-order valence-electron chi connectivity index (χ4n) is 3.40. The number of ether oxygens (including phenoxy) is 2. The highest BCUT2D eigenvalue weighted by Gasteiger charge is 2.31. The standard InChI is InChI=1S/C20H24N4O4/c1-3-4-14-9-16(22-21-14)11-24(2)20(25)19-10-15(23-28-19)7-13-5-6-17-18(8-13)27-12-26-17/h5-6,8-9,19H,3-4,7,10-12H2,1-2H3,(H,21,22)/t19-/m0/s1. The van der Waals surface area contributed by atoms with Crippen molar-refractivity contribution in [2.24, 2.45) is 5.16 Å². The highest BCUT2D eigenvalue weighted by Crippen LogP contribution is 2.33. The van der Waals surface area contributed by atoms with Gasteiger partial charge in [-0.1, -0.05) is 24.6 Å². The zero-order valence-corrected chi connectivity index (χ0v) is 16.1. The molecule has 0 radical (unpaired) electrons. The van der Waals surface area contributed by atoms with Crippen LogP contribution < -0.4 is 9.47 Å². The lowest BCUT2D eigenvalue weighted by Crippen LogP contribution is -2.36. The molecular formula is C20H24N4O4. The number of nitrogens with one attached hydrogen (secondary N) is 1. The molecule has 0 saturated carbocycles. The molecule has 0 unspecified atom stereocenters. The normalized spacial score (nSPS) is 17.4. The minimum atomic E-state index is -0.577. The van der Waals surface area contributed by atoms with Crippen LogP contribution in [-0.4, -0.2) is 46.7 Å². The summed E-state index contributed by atoms with van der Waals surface area (Å²) in [7, 11) is 1.77. The number of nitrogens with zero attached hydrogens (tertiary/aromatic N) is 3. The van der Waals surface area contributed by atoms with Crippen molar-refractivity contribution in [3.63, 3.8) is 0 Å². The van der Waals surface area contributed by atoms with E-state index < -0.39 is 6.10 Å². The Morgan fingerprint density at radius 1 is 1.29 bits per heavy atom. The first-order valence-corrected chi connectivity index (χ1v) is 9.50. The second kappa shape index (κ2) is 7.92. The van der Waals surface area contributed by atoms with Crippen LogP contribution in [0.3, 0.4) is 0 Å². The third-order valence-electron chi connectivity index (χ3n) is 4.82. The number of aromatic amines is 1. The number of likely N-dealkylation sites (N-methyl/N-ethyl adjacent to an activating group) is 1. The Morgan fingerprint density at radius 3 is 3.00 bits per heavy atom. The number of amides is 1. The van der Waals surface area contributed by atoms with Gasteiger partial charge >= 0.3 is 0 Å². The van der Waals surface area contributed by atoms with Crippen LogP contribution in [0.25, 0.3) is 0 Å². The van der Waals surface area contributed by atoms with Gasteiger partial charge in [0, 0.05) is 19.9 Å². The van der Waals surface area contributed by atoms with Gasteiger partial charge in [-0.2, -0.15) is 5.10 Å². The molecule has 1 aromatic heterocycles. The first-order valence-electron chi connectivity index (χ1n) is 9.50. The molecular weight excluding hydrogens is 360 g/mol. The average molecular weight is 384 g/mol. The average Bonchev–Trinajstić information content (AvgIpc) is 3.42. The number of hydrogen-bond donors (Lipinski definition) is 1. The van der Waals surface area contributed by atoms with Crippen molar-refractivity contribution >= 4 is 11.6 Å². The van der Waals surface area contributed by atoms with E-state index in [4.69, 9.17) is 14.3 Å². The largest absolute Gasteiger partial charge is 0.454 e. The number of aromatic nitrogens is 2. The second-order valence-corrected chi connectivity index (χ2v) is 7.15. The molecule has 1 N–H and O–H groups in total. The van der Waals surface area contributed by atoms with E-state index in [2.05, 4.69) is 22.3 Å². The van der Waals surface area contributed by atoms with E-state index in [0.717, 1.165) is 47.0 Å². The summed E-state index contributed by atoms with van der Waals surface area (Å²) in [6, 6.07) is 7.81. The van der Waals surface area contributed by atoms with Gasteiger partial charge in [-0.3, -0.25) is 9.89 Å². The molecule has 1 atom stereocenters. The maximum Gasteiger partial charge on any atom is 0.266 e. The molecule has 0 saturated heterocycles. The molecule has 0 spiro atoms. The maximum atomic E-state index is 12.7. The van der Waals surface area contributed by atoms with E-state index in [1.165, 1.54) is 0 Å². The molecule has 2 aliphatic rings. The van der Waals surface area contributed by atoms with Crippen molar-refractivity contribution in [2.45, 2.75) is 45.3 Å². The predicted molar refractivity (Wildman–Crippen MR) is 102 cm³/mol. The summed E-state index contributed by atoms with van der Waals surface area (Å²) in [5.74, 6) is 1.41. The summed E-state index contributed by atoms with van der Waals surface area (Å²) in [6.45, 7) is 2.83. The van der Waals surface area contributed by atoms with Crippen molar-refractivity contribution in [1.29, 1.82) is 0 Å². The lowest BCUT2D eigenvalue weighted by atomic mass is 10.0. The minimum absolute atomic E-state index is 0.0870. The first-order chi connectivity index (χ1) is 13.6. The van der Waals surface area contributed by atoms with Crippen LogP contribution in [0.2, 0.25) is 0 Å². The number of hydrogen-bond acceptors (Lipinski definition) is 6. The summed E-state index contributed by atoms with van der Waals surface area (Å²) in [5.41, 5.74) is 3.83. The fraction of sp³-hybridized carbons (Fsp3) is 0.450. The summed E-state index contributed by atoms with van der Waals surface area (Å²) >= 11 is 0. The highest BCUT2D eigenvalue weighted by molar-refractivity contribution is 5.94. The molecule has 8 heteroatoms. The van der Waals surface area contributed by atoms with Crippen LogP contribution in [0.4, 0.5) is 0 Å². The fourth-order valence-corrected chi connectivity index (χ4v) is 3.40. The van der Waals surface area contributed by atoms with Gasteiger partial charge in [0.1, 0.15) is 0 Å². The van der Waals surface area contributed by atoms with Crippen molar-refractivity contribution in [3.8, 4) is 11.5 Å². The zero-order valence-electron chi connectivity index (χ0n) is 16.1. The monoisotopic (exact) mass is 384 g/mol. The Kier molecular flexibility index (Phi) is 5.18. The third kappa shape index (κ3) is 3.95. The predicted octanol–water partition coefficient (Wildman–Crippen LogP) is 2.44. The van der Waals surface area contributed by atoms with Crippen LogP contribution in [0.1, 0.15) is 36.7 Å². The molecule has 8 nitrogen and oxygen atoms in total. The van der Waals surface area contributed by atoms with E-state index in [1.54, 1.807) is 11.9 Å². The molecule has 1 aromatic carbocycles. The minimum Gasteiger partial charge on any atom is -0.454 e. The highest BCUT2D eigenvalue weighted by atomic mass is 16.7. The van der Waals surface area contributed by atoms with Gasteiger partial charge in [-0.25, -0.2) is 0 Å². The quantitative estimate of drug-likeness (QED) is 0.792. The number of carbonyl (C=O) groups is 1. The van der Waals surface area contributed by atoms with Crippen molar-refractivity contribution in [3.05, 3.63) is 41.2 Å². The van der Waals surface area contributed by atoms with Crippen molar-refractivity contribution in [1.82, 2.24) is 15.1 Å². The smallest absolute Gasteiger partial charge is 0.266 e. The van der Waals surface area contributed by atoms with Crippen LogP contribution >= 0.6 is 0 Å². The molecule has 148 valence electrons. The van der Waals surface area contributed by atoms with Gasteiger partial charge in [-0.15, -0.1) is 0 Å². The Morgan fingerprint density at radius 2 is 2.14 bits per heavy atom. The molecule has 1 amide bonds. The molecule has 4 rings (SSSR count). The molecule has 0 fully saturated rings. The molecule has 2 aromatic rings. The Balaban J connectivity index is 1.30. The summed E-state index contributed by atoms with van der Waals surface area (Å²) in [5, 5.41) is 11.4. The first kappa shape index (κ1) is 18.3. The Labute approximate surface area is 163 Å². The number of H-pyrrole nitrogens is 1. The van der Waals surface area contributed by atoms with Gasteiger partial charge < -0.3 is 19.2 Å². The number of benzene rings is 1. The van der Waals surface area contributed by atoms with E-state index in [9.17, 15) is 4.79 Å². The molecule has 28 heavy (non-hydrogen) atoms. The van der Waals surface area contributed by atoms with Gasteiger partial charge in [-0.05, 0) is 30.2 Å². The number of carbonyl (C=O) groups excluding carboxylic acids is 1. The van der Waals surface area contributed by atoms with E-state index in [1.807, 2.05) is 24.3 Å². The molecule has 3 heterocycles. The SMILES string of the molecule is CCCc1cc(CN(C)C(=O)[C@@H]2CC(Cc3ccc4c(c3)OCO4)=NO2)[nH]n1. The van der Waals surface area contributed by atoms with Gasteiger partial charge in [0.25, 0.3) is 5.91 Å². The number of aryl methyl sites for hydroxylation is 1. The maximum absolute atomic E-state index is 12.7. The topological polar surface area (TPSA) is 89.0 Å². The lowest BCUT2D eigenvalue weighted by Gasteiger charge is -2.18. The summed E-state index contributed by atoms with van der Waals surface area (Å²) in [6.07, 6.45) is 2.49. The molecule has 0 aliphatic carbocycles.